The molecule has 0 amide bonds. The summed E-state index contributed by atoms with van der Waals surface area (Å²) in [5, 5.41) is 8.80. The Hall–Kier alpha value is -0.400. The van der Waals surface area contributed by atoms with Crippen molar-refractivity contribution in [2.24, 2.45) is 0 Å². The minimum Gasteiger partial charge on any atom is -0.344 e. The molecule has 5 nitrogen and oxygen atoms in total. The second kappa shape index (κ2) is 14.2. The molecule has 6 heteroatoms. The van der Waals surface area contributed by atoms with Crippen molar-refractivity contribution in [3.05, 3.63) is 0 Å². The Morgan fingerprint density at radius 3 is 1.91 bits per heavy atom. The largest absolute Gasteiger partial charge is 0.344 e. The van der Waals surface area contributed by atoms with E-state index in [1.807, 2.05) is 6.07 Å². The topological polar surface area (TPSA) is 68.5 Å². The lowest BCUT2D eigenvalue weighted by atomic mass is 10.4. The molecular weight excluding hydrogens is 301 g/mol. The molecular formula is C16H32NO4P. The lowest BCUT2D eigenvalue weighted by molar-refractivity contribution is -0.0979. The second-order valence-corrected chi connectivity index (χ2v) is 7.88. The van der Waals surface area contributed by atoms with Crippen LogP contribution < -0.4 is 0 Å². The molecule has 0 aromatic carbocycles. The zero-order valence-electron chi connectivity index (χ0n) is 14.4. The maximum atomic E-state index is 13.1. The molecule has 0 aliphatic carbocycles. The minimum atomic E-state index is -3.12. The third kappa shape index (κ3) is 9.58. The summed E-state index contributed by atoms with van der Waals surface area (Å²) >= 11 is 0. The van der Waals surface area contributed by atoms with E-state index in [1.54, 1.807) is 0 Å². The van der Waals surface area contributed by atoms with Gasteiger partial charge in [-0.25, -0.2) is 0 Å². The molecule has 0 bridgehead atoms. The molecule has 0 aromatic heterocycles. The van der Waals surface area contributed by atoms with Crippen molar-refractivity contribution in [3.63, 3.8) is 0 Å². The first-order chi connectivity index (χ1) is 10.6. The monoisotopic (exact) mass is 333 g/mol. The molecule has 130 valence electrons. The number of unbranched alkanes of at least 4 members (excludes halogenated alkanes) is 3. The lowest BCUT2D eigenvalue weighted by Gasteiger charge is -2.27. The van der Waals surface area contributed by atoms with Crippen LogP contribution >= 0.6 is 7.37 Å². The van der Waals surface area contributed by atoms with Crippen LogP contribution in [0.3, 0.4) is 0 Å². The van der Waals surface area contributed by atoms with E-state index < -0.39 is 13.4 Å². The molecule has 0 spiro atoms. The standard InChI is InChI=1S/C16H32NO4P/c1-4-7-12-19-16(20-13-8-5-2)22(18,15-10-11-17)21-14-9-6-3/h16H,4-10,12-15H2,1-3H3. The Balaban J connectivity index is 4.79. The summed E-state index contributed by atoms with van der Waals surface area (Å²) in [5.41, 5.74) is 0. The Labute approximate surface area is 135 Å². The van der Waals surface area contributed by atoms with E-state index in [9.17, 15) is 4.57 Å². The zero-order chi connectivity index (χ0) is 16.7. The maximum absolute atomic E-state index is 13.1. The molecule has 0 aromatic rings. The number of nitrogens with zero attached hydrogens (tertiary/aromatic N) is 1. The van der Waals surface area contributed by atoms with E-state index in [2.05, 4.69) is 20.8 Å². The molecule has 0 aliphatic rings. The first-order valence-electron chi connectivity index (χ1n) is 8.48. The summed E-state index contributed by atoms with van der Waals surface area (Å²) in [6.07, 6.45) is 5.97. The first kappa shape index (κ1) is 21.6. The van der Waals surface area contributed by atoms with Gasteiger partial charge >= 0.3 is 0 Å². The van der Waals surface area contributed by atoms with Crippen LogP contribution in [0.1, 0.15) is 65.7 Å². The third-order valence-electron chi connectivity index (χ3n) is 3.18. The highest BCUT2D eigenvalue weighted by Gasteiger charge is 2.35. The Bertz CT molecular complexity index is 334. The highest BCUT2D eigenvalue weighted by molar-refractivity contribution is 7.59. The molecule has 0 saturated heterocycles. The lowest BCUT2D eigenvalue weighted by Crippen LogP contribution is -2.22. The van der Waals surface area contributed by atoms with E-state index >= 15 is 0 Å². The van der Waals surface area contributed by atoms with Gasteiger partial charge in [0.15, 0.2) is 0 Å². The van der Waals surface area contributed by atoms with Gasteiger partial charge in [-0.05, 0) is 19.3 Å². The van der Waals surface area contributed by atoms with Crippen LogP contribution in [-0.4, -0.2) is 32.0 Å². The van der Waals surface area contributed by atoms with Crippen molar-refractivity contribution < 1.29 is 18.6 Å². The summed E-state index contributed by atoms with van der Waals surface area (Å²) in [7, 11) is -3.12. The molecule has 0 aliphatic heterocycles. The smallest absolute Gasteiger partial charge is 0.258 e. The Morgan fingerprint density at radius 1 is 0.955 bits per heavy atom. The van der Waals surface area contributed by atoms with E-state index in [4.69, 9.17) is 19.3 Å². The number of rotatable bonds is 15. The number of hydrogen-bond donors (Lipinski definition) is 0. The van der Waals surface area contributed by atoms with Crippen molar-refractivity contribution in [2.45, 2.75) is 71.7 Å². The van der Waals surface area contributed by atoms with Gasteiger partial charge in [-0.1, -0.05) is 40.0 Å². The molecule has 0 fully saturated rings. The van der Waals surface area contributed by atoms with Crippen LogP contribution in [-0.2, 0) is 18.6 Å². The fourth-order valence-electron chi connectivity index (χ4n) is 1.73. The zero-order valence-corrected chi connectivity index (χ0v) is 15.3. The second-order valence-electron chi connectivity index (χ2n) is 5.30. The number of ether oxygens (including phenoxy) is 2. The molecule has 0 radical (unpaired) electrons. The van der Waals surface area contributed by atoms with Gasteiger partial charge in [0.1, 0.15) is 0 Å². The van der Waals surface area contributed by atoms with Crippen molar-refractivity contribution in [1.29, 1.82) is 5.26 Å². The highest BCUT2D eigenvalue weighted by atomic mass is 31.2. The molecule has 0 saturated carbocycles. The molecule has 0 rings (SSSR count). The average Bonchev–Trinajstić information content (AvgIpc) is 2.52. The molecule has 1 atom stereocenters. The molecule has 1 unspecified atom stereocenters. The highest BCUT2D eigenvalue weighted by Crippen LogP contribution is 2.53. The Kier molecular flexibility index (Phi) is 14.0. The number of nitriles is 1. The van der Waals surface area contributed by atoms with Gasteiger partial charge in [0.25, 0.3) is 7.37 Å². The van der Waals surface area contributed by atoms with Crippen molar-refractivity contribution in [3.8, 4) is 6.07 Å². The third-order valence-corrected chi connectivity index (χ3v) is 5.59. The Morgan fingerprint density at radius 2 is 1.45 bits per heavy atom. The van der Waals surface area contributed by atoms with Gasteiger partial charge in [0.2, 0.25) is 6.03 Å². The summed E-state index contributed by atoms with van der Waals surface area (Å²) in [5.74, 6) is 0. The average molecular weight is 333 g/mol. The quantitative estimate of drug-likeness (QED) is 0.242. The van der Waals surface area contributed by atoms with Crippen LogP contribution in [0.15, 0.2) is 0 Å². The SMILES string of the molecule is CCCCOC(OCCCC)P(=O)(CCC#N)OCCCC. The van der Waals surface area contributed by atoms with Crippen molar-refractivity contribution in [2.75, 3.05) is 26.0 Å². The van der Waals surface area contributed by atoms with Gasteiger partial charge in [0, 0.05) is 12.6 Å². The van der Waals surface area contributed by atoms with Crippen LogP contribution in [0.4, 0.5) is 0 Å². The number of hydrogen-bond acceptors (Lipinski definition) is 5. The van der Waals surface area contributed by atoms with Crippen molar-refractivity contribution >= 4 is 7.37 Å². The van der Waals surface area contributed by atoms with Crippen LogP contribution in [0, 0.1) is 11.3 Å². The first-order valence-corrected chi connectivity index (χ1v) is 10.4. The van der Waals surface area contributed by atoms with Gasteiger partial charge in [-0.3, -0.25) is 4.57 Å². The van der Waals surface area contributed by atoms with Crippen LogP contribution in [0.2, 0.25) is 0 Å². The molecule has 22 heavy (non-hydrogen) atoms. The van der Waals surface area contributed by atoms with E-state index in [1.165, 1.54) is 0 Å². The van der Waals surface area contributed by atoms with Crippen LogP contribution in [0.25, 0.3) is 0 Å². The maximum Gasteiger partial charge on any atom is 0.258 e. The summed E-state index contributed by atoms with van der Waals surface area (Å²) < 4.78 is 30.2. The van der Waals surface area contributed by atoms with Gasteiger partial charge in [-0.15, -0.1) is 0 Å². The predicted molar refractivity (Wildman–Crippen MR) is 89.1 cm³/mol. The molecule has 0 N–H and O–H groups in total. The summed E-state index contributed by atoms with van der Waals surface area (Å²) in [6.45, 7) is 7.62. The van der Waals surface area contributed by atoms with Gasteiger partial charge in [-0.2, -0.15) is 5.26 Å². The minimum absolute atomic E-state index is 0.189. The summed E-state index contributed by atoms with van der Waals surface area (Å²) in [4.78, 5) is 0. The van der Waals surface area contributed by atoms with E-state index in [0.717, 1.165) is 38.5 Å². The van der Waals surface area contributed by atoms with Gasteiger partial charge in [0.05, 0.1) is 25.9 Å². The normalized spacial score (nSPS) is 14.0. The molecule has 0 heterocycles. The predicted octanol–water partition coefficient (Wildman–Crippen LogP) is 4.91. The summed E-state index contributed by atoms with van der Waals surface area (Å²) in [6, 6.07) is 1.20. The van der Waals surface area contributed by atoms with Crippen LogP contribution in [0.5, 0.6) is 0 Å². The van der Waals surface area contributed by atoms with E-state index in [-0.39, 0.29) is 12.6 Å². The van der Waals surface area contributed by atoms with E-state index in [0.29, 0.717) is 19.8 Å². The van der Waals surface area contributed by atoms with Gasteiger partial charge < -0.3 is 14.0 Å². The van der Waals surface area contributed by atoms with Crippen molar-refractivity contribution in [1.82, 2.24) is 0 Å². The fourth-order valence-corrected chi connectivity index (χ4v) is 3.71. The fraction of sp³-hybridized carbons (Fsp3) is 0.938.